The minimum Gasteiger partial charge on any atom is -0.294 e. The van der Waals surface area contributed by atoms with Gasteiger partial charge in [-0.05, 0) is 30.9 Å². The number of Topliss-reactive ketones (excluding diaryl/α,β-unsaturated/α-hetero) is 1. The van der Waals surface area contributed by atoms with Gasteiger partial charge >= 0.3 is 0 Å². The number of carbonyl (C=O) groups excluding carboxylic acids is 1. The summed E-state index contributed by atoms with van der Waals surface area (Å²) in [5.74, 6) is 0.204. The Bertz CT molecular complexity index is 422. The van der Waals surface area contributed by atoms with Crippen LogP contribution in [0.3, 0.4) is 0 Å². The number of benzene rings is 1. The number of rotatable bonds is 2. The lowest BCUT2D eigenvalue weighted by Gasteiger charge is -2.25. The monoisotopic (exact) mass is 254 g/mol. The lowest BCUT2D eigenvalue weighted by Crippen LogP contribution is -2.21. The lowest BCUT2D eigenvalue weighted by molar-refractivity contribution is 0.0875. The predicted octanol–water partition coefficient (Wildman–Crippen LogP) is 4.49. The van der Waals surface area contributed by atoms with Crippen LogP contribution in [0.5, 0.6) is 0 Å². The minimum atomic E-state index is -0.512. The van der Waals surface area contributed by atoms with E-state index in [1.807, 2.05) is 0 Å². The van der Waals surface area contributed by atoms with E-state index in [4.69, 9.17) is 11.6 Å². The van der Waals surface area contributed by atoms with Crippen LogP contribution in [-0.2, 0) is 0 Å². The van der Waals surface area contributed by atoms with Crippen LogP contribution in [0, 0.1) is 17.7 Å². The third-order valence-corrected chi connectivity index (χ3v) is 3.99. The highest BCUT2D eigenvalue weighted by atomic mass is 35.5. The molecular weight excluding hydrogens is 239 g/mol. The van der Waals surface area contributed by atoms with Crippen molar-refractivity contribution >= 4 is 17.4 Å². The van der Waals surface area contributed by atoms with Gasteiger partial charge in [0.15, 0.2) is 5.78 Å². The molecule has 1 fully saturated rings. The standard InChI is InChI=1S/C14H16ClFO/c1-9-5-7-10(8-6-9)14(17)11-3-2-4-12(16)13(11)15/h2-4,9-10H,5-8H2,1H3. The van der Waals surface area contributed by atoms with Gasteiger partial charge in [0, 0.05) is 11.5 Å². The molecule has 0 unspecified atom stereocenters. The van der Waals surface area contributed by atoms with Gasteiger partial charge in [0.25, 0.3) is 0 Å². The van der Waals surface area contributed by atoms with Crippen molar-refractivity contribution in [2.45, 2.75) is 32.6 Å². The maximum absolute atomic E-state index is 13.3. The van der Waals surface area contributed by atoms with Crippen molar-refractivity contribution in [3.05, 3.63) is 34.6 Å². The third-order valence-electron chi connectivity index (χ3n) is 3.60. The van der Waals surface area contributed by atoms with Gasteiger partial charge in [0.2, 0.25) is 0 Å². The van der Waals surface area contributed by atoms with E-state index in [0.29, 0.717) is 11.5 Å². The molecule has 0 bridgehead atoms. The first-order valence-corrected chi connectivity index (χ1v) is 6.45. The first kappa shape index (κ1) is 12.6. The van der Waals surface area contributed by atoms with E-state index in [-0.39, 0.29) is 16.7 Å². The molecule has 0 aliphatic heterocycles. The SMILES string of the molecule is CC1CCC(C(=O)c2cccc(F)c2Cl)CC1. The van der Waals surface area contributed by atoms with Gasteiger partial charge in [-0.3, -0.25) is 4.79 Å². The van der Waals surface area contributed by atoms with Gasteiger partial charge in [-0.25, -0.2) is 4.39 Å². The van der Waals surface area contributed by atoms with Crippen LogP contribution in [-0.4, -0.2) is 5.78 Å². The van der Waals surface area contributed by atoms with Gasteiger partial charge in [0.05, 0.1) is 5.02 Å². The summed E-state index contributed by atoms with van der Waals surface area (Å²) in [7, 11) is 0. The highest BCUT2D eigenvalue weighted by Gasteiger charge is 2.26. The zero-order valence-corrected chi connectivity index (χ0v) is 10.6. The summed E-state index contributed by atoms with van der Waals surface area (Å²) in [4.78, 5) is 12.2. The smallest absolute Gasteiger partial charge is 0.167 e. The van der Waals surface area contributed by atoms with E-state index in [1.165, 1.54) is 6.07 Å². The van der Waals surface area contributed by atoms with E-state index in [2.05, 4.69) is 6.92 Å². The molecule has 1 saturated carbocycles. The van der Waals surface area contributed by atoms with E-state index in [9.17, 15) is 9.18 Å². The third kappa shape index (κ3) is 2.68. The maximum atomic E-state index is 13.3. The van der Waals surface area contributed by atoms with Gasteiger partial charge in [-0.1, -0.05) is 37.4 Å². The molecule has 92 valence electrons. The second kappa shape index (κ2) is 5.18. The van der Waals surface area contributed by atoms with Crippen LogP contribution in [0.25, 0.3) is 0 Å². The molecule has 1 nitrogen and oxygen atoms in total. The summed E-state index contributed by atoms with van der Waals surface area (Å²) in [5.41, 5.74) is 0.339. The summed E-state index contributed by atoms with van der Waals surface area (Å²) in [6.45, 7) is 2.20. The number of hydrogen-bond acceptors (Lipinski definition) is 1. The summed E-state index contributed by atoms with van der Waals surface area (Å²) in [6, 6.07) is 4.44. The molecule has 3 heteroatoms. The molecule has 1 aliphatic carbocycles. The molecule has 1 aromatic rings. The van der Waals surface area contributed by atoms with Gasteiger partial charge in [-0.2, -0.15) is 0 Å². The zero-order valence-electron chi connectivity index (χ0n) is 9.88. The van der Waals surface area contributed by atoms with Crippen LogP contribution in [0.15, 0.2) is 18.2 Å². The summed E-state index contributed by atoms with van der Waals surface area (Å²) >= 11 is 5.84. The Labute approximate surface area is 106 Å². The molecule has 0 heterocycles. The molecule has 0 atom stereocenters. The number of ketones is 1. The molecule has 0 aromatic heterocycles. The average molecular weight is 255 g/mol. The largest absolute Gasteiger partial charge is 0.294 e. The summed E-state index contributed by atoms with van der Waals surface area (Å²) in [6.07, 6.45) is 3.94. The molecule has 0 N–H and O–H groups in total. The highest BCUT2D eigenvalue weighted by molar-refractivity contribution is 6.34. The van der Waals surface area contributed by atoms with Crippen LogP contribution in [0.4, 0.5) is 4.39 Å². The summed E-state index contributed by atoms with van der Waals surface area (Å²) in [5, 5.41) is -0.0314. The van der Waals surface area contributed by atoms with Crippen LogP contribution < -0.4 is 0 Å². The second-order valence-corrected chi connectivity index (χ2v) is 5.30. The Morgan fingerprint density at radius 1 is 1.29 bits per heavy atom. The van der Waals surface area contributed by atoms with Crippen molar-refractivity contribution in [1.82, 2.24) is 0 Å². The number of halogens is 2. The Kier molecular flexibility index (Phi) is 3.82. The molecule has 2 rings (SSSR count). The Hall–Kier alpha value is -0.890. The van der Waals surface area contributed by atoms with Crippen molar-refractivity contribution in [2.24, 2.45) is 11.8 Å². The normalized spacial score (nSPS) is 24.6. The molecular formula is C14H16ClFO. The fraction of sp³-hybridized carbons (Fsp3) is 0.500. The van der Waals surface area contributed by atoms with Gasteiger partial charge in [-0.15, -0.1) is 0 Å². The number of carbonyl (C=O) groups is 1. The minimum absolute atomic E-state index is 0.00130. The Balaban J connectivity index is 2.17. The fourth-order valence-electron chi connectivity index (χ4n) is 2.44. The average Bonchev–Trinajstić information content (AvgIpc) is 2.33. The zero-order chi connectivity index (χ0) is 12.4. The van der Waals surface area contributed by atoms with Crippen molar-refractivity contribution in [3.63, 3.8) is 0 Å². The lowest BCUT2D eigenvalue weighted by atomic mass is 9.79. The number of hydrogen-bond donors (Lipinski definition) is 0. The molecule has 0 radical (unpaired) electrons. The van der Waals surface area contributed by atoms with Crippen LogP contribution in [0.2, 0.25) is 5.02 Å². The van der Waals surface area contributed by atoms with Crippen molar-refractivity contribution in [3.8, 4) is 0 Å². The van der Waals surface area contributed by atoms with Crippen LogP contribution >= 0.6 is 11.6 Å². The molecule has 1 aliphatic rings. The van der Waals surface area contributed by atoms with E-state index in [0.717, 1.165) is 25.7 Å². The molecule has 0 saturated heterocycles. The first-order valence-electron chi connectivity index (χ1n) is 6.08. The molecule has 17 heavy (non-hydrogen) atoms. The van der Waals surface area contributed by atoms with E-state index >= 15 is 0 Å². The van der Waals surface area contributed by atoms with Crippen molar-refractivity contribution < 1.29 is 9.18 Å². The van der Waals surface area contributed by atoms with Crippen molar-refractivity contribution in [1.29, 1.82) is 0 Å². The Morgan fingerprint density at radius 2 is 1.94 bits per heavy atom. The molecule has 0 spiro atoms. The van der Waals surface area contributed by atoms with E-state index < -0.39 is 5.82 Å². The fourth-order valence-corrected chi connectivity index (χ4v) is 2.66. The quantitative estimate of drug-likeness (QED) is 0.711. The highest BCUT2D eigenvalue weighted by Crippen LogP contribution is 2.32. The molecule has 1 aromatic carbocycles. The van der Waals surface area contributed by atoms with Gasteiger partial charge in [0.1, 0.15) is 5.82 Å². The topological polar surface area (TPSA) is 17.1 Å². The maximum Gasteiger partial charge on any atom is 0.167 e. The Morgan fingerprint density at radius 3 is 2.59 bits per heavy atom. The van der Waals surface area contributed by atoms with Gasteiger partial charge < -0.3 is 0 Å². The summed E-state index contributed by atoms with van der Waals surface area (Å²) < 4.78 is 13.3. The predicted molar refractivity (Wildman–Crippen MR) is 66.9 cm³/mol. The molecule has 0 amide bonds. The first-order chi connectivity index (χ1) is 8.09. The van der Waals surface area contributed by atoms with Crippen LogP contribution in [0.1, 0.15) is 43.0 Å². The van der Waals surface area contributed by atoms with E-state index in [1.54, 1.807) is 12.1 Å². The van der Waals surface area contributed by atoms with Crippen molar-refractivity contribution in [2.75, 3.05) is 0 Å². The second-order valence-electron chi connectivity index (χ2n) is 4.92.